The topological polar surface area (TPSA) is 29.5 Å². The summed E-state index contributed by atoms with van der Waals surface area (Å²) in [6.07, 6.45) is 0. The molecular weight excluding hydrogens is 139 g/mol. The van der Waals surface area contributed by atoms with Gasteiger partial charge < -0.3 is 9.84 Å². The van der Waals surface area contributed by atoms with Crippen LogP contribution < -0.4 is 0 Å². The fourth-order valence-electron chi connectivity index (χ4n) is 0.155. The van der Waals surface area contributed by atoms with Crippen molar-refractivity contribution in [3.05, 3.63) is 0 Å². The van der Waals surface area contributed by atoms with Crippen LogP contribution in [0.25, 0.3) is 0 Å². The number of aliphatic hydroxyl groups is 1. The van der Waals surface area contributed by atoms with E-state index in [9.17, 15) is 0 Å². The molecule has 0 rings (SSSR count). The summed E-state index contributed by atoms with van der Waals surface area (Å²) < 4.78 is 4.34. The van der Waals surface area contributed by atoms with Gasteiger partial charge in [0.15, 0.2) is 0 Å². The summed E-state index contributed by atoms with van der Waals surface area (Å²) >= 11 is 10.1. The fourth-order valence-corrected chi connectivity index (χ4v) is 0.459. The van der Waals surface area contributed by atoms with Crippen molar-refractivity contribution in [2.45, 2.75) is 18.2 Å². The summed E-state index contributed by atoms with van der Waals surface area (Å²) in [4.78, 5) is 0. The van der Waals surface area contributed by atoms with Crippen LogP contribution in [0.2, 0.25) is 0 Å². The van der Waals surface area contributed by atoms with Crippen molar-refractivity contribution in [3.63, 3.8) is 0 Å². The largest absolute Gasteiger partial charge is 0.356 e. The van der Waals surface area contributed by atoms with Gasteiger partial charge in [-0.3, -0.25) is 0 Å². The van der Waals surface area contributed by atoms with Crippen molar-refractivity contribution in [3.8, 4) is 0 Å². The molecule has 0 aromatic rings. The zero-order valence-corrected chi connectivity index (χ0v) is 5.28. The molecule has 0 amide bonds. The van der Waals surface area contributed by atoms with Crippen molar-refractivity contribution >= 4 is 23.2 Å². The predicted octanol–water partition coefficient (Wildman–Crippen LogP) is 1.10. The van der Waals surface area contributed by atoms with Gasteiger partial charge in [0.1, 0.15) is 5.56 Å². The van der Waals surface area contributed by atoms with Crippen molar-refractivity contribution in [1.82, 2.24) is 0 Å². The number of halogens is 2. The maximum absolute atomic E-state index is 8.18. The molecule has 1 N–H and O–H groups in total. The van der Waals surface area contributed by atoms with E-state index in [1.54, 1.807) is 6.92 Å². The Morgan fingerprint density at radius 3 is 2.00 bits per heavy atom. The number of alkyl halides is 2. The van der Waals surface area contributed by atoms with Gasteiger partial charge in [-0.15, -0.1) is 0 Å². The van der Waals surface area contributed by atoms with E-state index in [0.29, 0.717) is 0 Å². The number of hydrogen-bond acceptors (Lipinski definition) is 2. The Bertz CT molecular complexity index is 40.2. The minimum Gasteiger partial charge on any atom is -0.356 e. The lowest BCUT2D eigenvalue weighted by atomic mass is 10.9. The summed E-state index contributed by atoms with van der Waals surface area (Å²) in [5.74, 6) is -1.28. The van der Waals surface area contributed by atoms with Gasteiger partial charge in [-0.2, -0.15) is 0 Å². The molecule has 0 aromatic heterocycles. The molecule has 0 saturated carbocycles. The van der Waals surface area contributed by atoms with Crippen LogP contribution in [0.5, 0.6) is 0 Å². The fraction of sp³-hybridized carbons (Fsp3) is 1.00. The molecule has 0 spiro atoms. The maximum Gasteiger partial charge on any atom is 0.236 e. The van der Waals surface area contributed by atoms with Crippen LogP contribution in [0.4, 0.5) is 0 Å². The molecule has 0 aliphatic heterocycles. The van der Waals surface area contributed by atoms with Gasteiger partial charge in [0, 0.05) is 0 Å². The first-order valence-electron chi connectivity index (χ1n) is 1.74. The number of aliphatic hydroxyl groups excluding tert-OH is 1. The highest BCUT2D eigenvalue weighted by Gasteiger charge is 2.00. The second kappa shape index (κ2) is 3.50. The zero-order valence-electron chi connectivity index (χ0n) is 3.77. The van der Waals surface area contributed by atoms with E-state index < -0.39 is 11.3 Å². The van der Waals surface area contributed by atoms with Crippen molar-refractivity contribution in [2.75, 3.05) is 0 Å². The Kier molecular flexibility index (Phi) is 3.75. The lowest BCUT2D eigenvalue weighted by Crippen LogP contribution is -2.07. The second-order valence-corrected chi connectivity index (χ2v) is 1.96. The standard InChI is InChI=1S/C3H6Cl2O2/c1-2(4)7-3(5)6/h2-3,6H,1H3. The Labute approximate surface area is 52.0 Å². The van der Waals surface area contributed by atoms with E-state index in [-0.39, 0.29) is 0 Å². The van der Waals surface area contributed by atoms with Gasteiger partial charge in [-0.25, -0.2) is 0 Å². The van der Waals surface area contributed by atoms with Crippen LogP contribution in [-0.4, -0.2) is 16.4 Å². The normalized spacial score (nSPS) is 18.9. The molecule has 0 aromatic carbocycles. The Morgan fingerprint density at radius 2 is 2.00 bits per heavy atom. The molecule has 0 aliphatic carbocycles. The minimum atomic E-state index is -1.28. The number of hydrogen-bond donors (Lipinski definition) is 1. The first-order chi connectivity index (χ1) is 3.13. The van der Waals surface area contributed by atoms with E-state index >= 15 is 0 Å². The van der Waals surface area contributed by atoms with E-state index in [1.165, 1.54) is 0 Å². The zero-order chi connectivity index (χ0) is 5.86. The quantitative estimate of drug-likeness (QED) is 0.465. The molecule has 2 unspecified atom stereocenters. The van der Waals surface area contributed by atoms with Crippen molar-refractivity contribution in [1.29, 1.82) is 0 Å². The first kappa shape index (κ1) is 7.50. The minimum absolute atomic E-state index is 0.535. The van der Waals surface area contributed by atoms with Crippen LogP contribution in [0.3, 0.4) is 0 Å². The van der Waals surface area contributed by atoms with Crippen LogP contribution in [0.15, 0.2) is 0 Å². The van der Waals surface area contributed by atoms with Gasteiger partial charge in [0.25, 0.3) is 0 Å². The summed E-state index contributed by atoms with van der Waals surface area (Å²) in [6, 6.07) is 0. The molecule has 0 aliphatic rings. The molecule has 44 valence electrons. The third-order valence-corrected chi connectivity index (χ3v) is 0.506. The molecule has 4 heteroatoms. The van der Waals surface area contributed by atoms with Gasteiger partial charge in [-0.1, -0.05) is 23.2 Å². The summed E-state index contributed by atoms with van der Waals surface area (Å²) in [7, 11) is 0. The highest BCUT2D eigenvalue weighted by Crippen LogP contribution is 2.01. The van der Waals surface area contributed by atoms with E-state index in [0.717, 1.165) is 0 Å². The molecule has 0 heterocycles. The van der Waals surface area contributed by atoms with Crippen molar-refractivity contribution in [2.24, 2.45) is 0 Å². The van der Waals surface area contributed by atoms with Crippen LogP contribution in [0, 0.1) is 0 Å². The van der Waals surface area contributed by atoms with Crippen molar-refractivity contribution < 1.29 is 9.84 Å². The summed E-state index contributed by atoms with van der Waals surface area (Å²) in [5.41, 5.74) is -0.535. The van der Waals surface area contributed by atoms with Gasteiger partial charge in [0.2, 0.25) is 5.75 Å². The van der Waals surface area contributed by atoms with Gasteiger partial charge in [-0.05, 0) is 6.92 Å². The van der Waals surface area contributed by atoms with Crippen LogP contribution >= 0.6 is 23.2 Å². The molecule has 0 bridgehead atoms. The molecule has 2 atom stereocenters. The SMILES string of the molecule is CC(Cl)OC(O)Cl. The highest BCUT2D eigenvalue weighted by atomic mass is 35.5. The van der Waals surface area contributed by atoms with E-state index in [4.69, 9.17) is 28.3 Å². The highest BCUT2D eigenvalue weighted by molar-refractivity contribution is 6.21. The Hall–Kier alpha value is 0.500. The third kappa shape index (κ3) is 6.50. The average Bonchev–Trinajstić information content (AvgIpc) is 1.27. The van der Waals surface area contributed by atoms with E-state index in [2.05, 4.69) is 4.74 Å². The molecule has 0 radical (unpaired) electrons. The Morgan fingerprint density at radius 1 is 1.57 bits per heavy atom. The van der Waals surface area contributed by atoms with Crippen LogP contribution in [0.1, 0.15) is 6.92 Å². The lowest BCUT2D eigenvalue weighted by Gasteiger charge is -2.04. The molecule has 0 saturated heterocycles. The lowest BCUT2D eigenvalue weighted by molar-refractivity contribution is -0.0477. The predicted molar refractivity (Wildman–Crippen MR) is 28.3 cm³/mol. The maximum atomic E-state index is 8.18. The molecule has 0 fully saturated rings. The Balaban J connectivity index is 2.95. The van der Waals surface area contributed by atoms with Crippen LogP contribution in [-0.2, 0) is 4.74 Å². The monoisotopic (exact) mass is 144 g/mol. The smallest absolute Gasteiger partial charge is 0.236 e. The number of rotatable bonds is 2. The molecular formula is C3H6Cl2O2. The van der Waals surface area contributed by atoms with Gasteiger partial charge in [0.05, 0.1) is 0 Å². The number of ether oxygens (including phenoxy) is 1. The summed E-state index contributed by atoms with van der Waals surface area (Å²) in [5, 5.41) is 8.18. The van der Waals surface area contributed by atoms with E-state index in [1.807, 2.05) is 0 Å². The average molecular weight is 145 g/mol. The first-order valence-corrected chi connectivity index (χ1v) is 2.62. The third-order valence-electron chi connectivity index (χ3n) is 0.300. The molecule has 7 heavy (non-hydrogen) atoms. The summed E-state index contributed by atoms with van der Waals surface area (Å²) in [6.45, 7) is 1.56. The van der Waals surface area contributed by atoms with Gasteiger partial charge >= 0.3 is 0 Å². The second-order valence-electron chi connectivity index (χ2n) is 0.971. The molecule has 2 nitrogen and oxygen atoms in total.